The lowest BCUT2D eigenvalue weighted by Gasteiger charge is -2.47. The third kappa shape index (κ3) is 6.09. The highest BCUT2D eigenvalue weighted by Gasteiger charge is 2.47. The lowest BCUT2D eigenvalue weighted by molar-refractivity contribution is 0.0113. The molecule has 6 nitrogen and oxygen atoms in total. The van der Waals surface area contributed by atoms with Crippen LogP contribution >= 0.6 is 0 Å². The van der Waals surface area contributed by atoms with E-state index in [1.165, 1.54) is 24.8 Å². The molecule has 1 heterocycles. The molecule has 0 saturated heterocycles. The zero-order valence-corrected chi connectivity index (χ0v) is 24.0. The summed E-state index contributed by atoms with van der Waals surface area (Å²) in [6.07, 6.45) is 15.2. The first-order valence-electron chi connectivity index (χ1n) is 14.9. The summed E-state index contributed by atoms with van der Waals surface area (Å²) in [5.41, 5.74) is 4.11. The molecular formula is C31H48N4O2. The molecule has 1 fully saturated rings. The van der Waals surface area contributed by atoms with Gasteiger partial charge in [0.1, 0.15) is 17.0 Å². The number of aromatic hydroxyl groups is 1. The molecule has 0 radical (unpaired) electrons. The zero-order valence-electron chi connectivity index (χ0n) is 24.0. The molecule has 0 bridgehead atoms. The second kappa shape index (κ2) is 12.1. The Morgan fingerprint density at radius 2 is 1.81 bits per heavy atom. The molecule has 3 atom stereocenters. The highest BCUT2D eigenvalue weighted by molar-refractivity contribution is 5.78. The lowest BCUT2D eigenvalue weighted by Crippen LogP contribution is -2.45. The summed E-state index contributed by atoms with van der Waals surface area (Å²) in [6.45, 7) is 13.0. The van der Waals surface area contributed by atoms with Crippen LogP contribution in [0.2, 0.25) is 0 Å². The summed E-state index contributed by atoms with van der Waals surface area (Å²) in [7, 11) is 0. The number of allylic oxidation sites excluding steroid dienone is 2. The van der Waals surface area contributed by atoms with Crippen LogP contribution in [0.25, 0.3) is 0 Å². The van der Waals surface area contributed by atoms with E-state index in [1.54, 1.807) is 0 Å². The molecule has 0 spiro atoms. The van der Waals surface area contributed by atoms with E-state index >= 15 is 0 Å². The predicted octanol–water partition coefficient (Wildman–Crippen LogP) is 10.0. The van der Waals surface area contributed by atoms with Crippen LogP contribution in [0, 0.1) is 5.92 Å². The molecular weight excluding hydrogens is 460 g/mol. The van der Waals surface area contributed by atoms with E-state index in [0.29, 0.717) is 11.4 Å². The van der Waals surface area contributed by atoms with Crippen molar-refractivity contribution in [2.45, 2.75) is 142 Å². The topological polar surface area (TPSA) is 78.9 Å². The fraction of sp³-hybridized carbons (Fsp3) is 0.742. The molecule has 1 saturated carbocycles. The van der Waals surface area contributed by atoms with Crippen LogP contribution < -0.4 is 4.74 Å². The maximum atomic E-state index is 11.9. The third-order valence-corrected chi connectivity index (χ3v) is 8.72. The fourth-order valence-corrected chi connectivity index (χ4v) is 6.22. The molecule has 1 N–H and O–H groups in total. The van der Waals surface area contributed by atoms with E-state index < -0.39 is 0 Å². The average Bonchev–Trinajstić information content (AvgIpc) is 2.88. The van der Waals surface area contributed by atoms with Crippen molar-refractivity contribution < 1.29 is 9.84 Å². The smallest absolute Gasteiger partial charge is 0.155 e. The lowest BCUT2D eigenvalue weighted by atomic mass is 9.67. The third-order valence-electron chi connectivity index (χ3n) is 8.72. The van der Waals surface area contributed by atoms with Gasteiger partial charge in [-0.3, -0.25) is 0 Å². The minimum Gasteiger partial charge on any atom is -0.505 e. The van der Waals surface area contributed by atoms with E-state index in [9.17, 15) is 5.11 Å². The summed E-state index contributed by atoms with van der Waals surface area (Å²) < 4.78 is 6.78. The standard InChI is InChI=1S/C31H48N4O2/c1-7-9-11-16-23-27(34-33-22-14-12-10-13-15-22)29(36)26-24-19-20(3)17-18-25(24)31(5,6)37-30(26)28(23)35-32-21(4)8-2/h19,21-22,24-25,36H,7-18H2,1-6H3/t21-,24+,25+/m0/s1. The molecule has 3 aliphatic rings. The number of unbranched alkanes of at least 4 members (excludes halogenated alkanes) is 2. The molecule has 37 heavy (non-hydrogen) atoms. The highest BCUT2D eigenvalue weighted by Crippen LogP contribution is 2.60. The summed E-state index contributed by atoms with van der Waals surface area (Å²) in [6, 6.07) is 0.346. The number of hydrogen-bond donors (Lipinski definition) is 1. The summed E-state index contributed by atoms with van der Waals surface area (Å²) in [5.74, 6) is 1.28. The molecule has 0 aromatic heterocycles. The van der Waals surface area contributed by atoms with Gasteiger partial charge >= 0.3 is 0 Å². The molecule has 0 unspecified atom stereocenters. The number of fused-ring (bicyclic) bond motifs is 3. The summed E-state index contributed by atoms with van der Waals surface area (Å²) >= 11 is 0. The number of benzene rings is 1. The monoisotopic (exact) mass is 508 g/mol. The Balaban J connectivity index is 1.94. The Labute approximate surface area is 224 Å². The van der Waals surface area contributed by atoms with Crippen LogP contribution in [0.4, 0.5) is 11.4 Å². The van der Waals surface area contributed by atoms with Gasteiger partial charge in [-0.05, 0) is 72.6 Å². The highest BCUT2D eigenvalue weighted by atomic mass is 16.5. The first kappa shape index (κ1) is 27.8. The van der Waals surface area contributed by atoms with Crippen LogP contribution in [0.15, 0.2) is 32.1 Å². The molecule has 2 aliphatic carbocycles. The van der Waals surface area contributed by atoms with E-state index in [2.05, 4.69) is 52.7 Å². The maximum Gasteiger partial charge on any atom is 0.155 e. The quantitative estimate of drug-likeness (QED) is 0.204. The van der Waals surface area contributed by atoms with Crippen LogP contribution in [-0.4, -0.2) is 22.8 Å². The first-order valence-corrected chi connectivity index (χ1v) is 14.9. The minimum absolute atomic E-state index is 0.0679. The Bertz CT molecular complexity index is 1040. The van der Waals surface area contributed by atoms with Crippen molar-refractivity contribution in [3.63, 3.8) is 0 Å². The molecule has 4 rings (SSSR count). The number of ether oxygens (including phenoxy) is 1. The molecule has 1 aliphatic heterocycles. The Morgan fingerprint density at radius 3 is 2.51 bits per heavy atom. The average molecular weight is 509 g/mol. The molecule has 204 valence electrons. The van der Waals surface area contributed by atoms with Crippen molar-refractivity contribution in [3.8, 4) is 11.5 Å². The van der Waals surface area contributed by atoms with Gasteiger partial charge in [0.25, 0.3) is 0 Å². The van der Waals surface area contributed by atoms with E-state index in [1.807, 2.05) is 0 Å². The molecule has 0 amide bonds. The van der Waals surface area contributed by atoms with Crippen molar-refractivity contribution in [3.05, 3.63) is 22.8 Å². The normalized spacial score (nSPS) is 24.5. The van der Waals surface area contributed by atoms with Gasteiger partial charge in [-0.25, -0.2) is 0 Å². The van der Waals surface area contributed by atoms with Crippen LogP contribution in [0.3, 0.4) is 0 Å². The number of hydrogen-bond acceptors (Lipinski definition) is 6. The summed E-state index contributed by atoms with van der Waals surface area (Å²) in [5, 5.41) is 31.0. The Morgan fingerprint density at radius 1 is 1.05 bits per heavy atom. The molecule has 1 aromatic rings. The van der Waals surface area contributed by atoms with Gasteiger partial charge in [-0.15, -0.1) is 0 Å². The van der Waals surface area contributed by atoms with Gasteiger partial charge in [-0.2, -0.15) is 20.5 Å². The zero-order chi connectivity index (χ0) is 26.6. The van der Waals surface area contributed by atoms with E-state index in [4.69, 9.17) is 20.1 Å². The number of phenolic OH excluding ortho intramolecular Hbond substituents is 1. The molecule has 6 heteroatoms. The van der Waals surface area contributed by atoms with Gasteiger partial charge in [0, 0.05) is 23.0 Å². The second-order valence-electron chi connectivity index (χ2n) is 12.1. The first-order chi connectivity index (χ1) is 17.8. The Kier molecular flexibility index (Phi) is 9.07. The maximum absolute atomic E-state index is 11.9. The van der Waals surface area contributed by atoms with Crippen LogP contribution in [0.1, 0.15) is 129 Å². The van der Waals surface area contributed by atoms with Gasteiger partial charge in [-0.1, -0.05) is 57.6 Å². The van der Waals surface area contributed by atoms with Gasteiger partial charge in [0.05, 0.1) is 12.1 Å². The van der Waals surface area contributed by atoms with Gasteiger partial charge in [0.2, 0.25) is 0 Å². The second-order valence-corrected chi connectivity index (χ2v) is 12.1. The number of rotatable bonds is 9. The van der Waals surface area contributed by atoms with Crippen LogP contribution in [0.5, 0.6) is 11.5 Å². The van der Waals surface area contributed by atoms with Crippen molar-refractivity contribution in [1.29, 1.82) is 0 Å². The number of azo groups is 2. The van der Waals surface area contributed by atoms with Crippen molar-refractivity contribution in [1.82, 2.24) is 0 Å². The fourth-order valence-electron chi connectivity index (χ4n) is 6.22. The van der Waals surface area contributed by atoms with Gasteiger partial charge < -0.3 is 9.84 Å². The number of nitrogens with zero attached hydrogens (tertiary/aromatic N) is 4. The van der Waals surface area contributed by atoms with E-state index in [-0.39, 0.29) is 35.3 Å². The van der Waals surface area contributed by atoms with Crippen molar-refractivity contribution in [2.75, 3.05) is 0 Å². The van der Waals surface area contributed by atoms with E-state index in [0.717, 1.165) is 74.6 Å². The largest absolute Gasteiger partial charge is 0.505 e. The summed E-state index contributed by atoms with van der Waals surface area (Å²) in [4.78, 5) is 0. The van der Waals surface area contributed by atoms with Crippen molar-refractivity contribution in [2.24, 2.45) is 26.4 Å². The molecule has 1 aromatic carbocycles. The van der Waals surface area contributed by atoms with Gasteiger partial charge in [0.15, 0.2) is 11.5 Å². The SMILES string of the molecule is CCCCCc1c(N=NC2CCCCC2)c(O)c2c(c1N=N[C@@H](C)CC)OC(C)(C)[C@@H]1CCC(C)=C[C@@H]21. The van der Waals surface area contributed by atoms with Crippen molar-refractivity contribution >= 4 is 11.4 Å². The predicted molar refractivity (Wildman–Crippen MR) is 151 cm³/mol. The minimum atomic E-state index is -0.367. The Hall–Kier alpha value is -2.24. The number of phenols is 1. The van der Waals surface area contributed by atoms with Crippen LogP contribution in [-0.2, 0) is 6.42 Å².